The molecule has 0 aliphatic heterocycles. The molecule has 2 rings (SSSR count). The quantitative estimate of drug-likeness (QED) is 0.776. The molecule has 0 fully saturated rings. The van der Waals surface area contributed by atoms with Crippen LogP contribution in [0.15, 0.2) is 46.9 Å². The van der Waals surface area contributed by atoms with Gasteiger partial charge in [-0.1, -0.05) is 12.1 Å². The second kappa shape index (κ2) is 7.08. The van der Waals surface area contributed by atoms with Crippen LogP contribution in [-0.4, -0.2) is 24.2 Å². The first kappa shape index (κ1) is 15.3. The topological polar surface area (TPSA) is 58.6 Å². The minimum atomic E-state index is -1.03. The van der Waals surface area contributed by atoms with Crippen molar-refractivity contribution < 1.29 is 19.0 Å². The molecule has 6 heteroatoms. The predicted octanol–water partition coefficient (Wildman–Crippen LogP) is 3.78. The zero-order valence-electron chi connectivity index (χ0n) is 11.0. The second-order valence-corrected chi connectivity index (χ2v) is 5.06. The number of benzene rings is 2. The van der Waals surface area contributed by atoms with Crippen LogP contribution in [0.25, 0.3) is 0 Å². The molecule has 0 spiro atoms. The van der Waals surface area contributed by atoms with Crippen LogP contribution in [0, 0.1) is 5.82 Å². The number of anilines is 1. The highest BCUT2D eigenvalue weighted by Crippen LogP contribution is 2.20. The molecule has 0 radical (unpaired) electrons. The lowest BCUT2D eigenvalue weighted by Gasteiger charge is -2.10. The van der Waals surface area contributed by atoms with Gasteiger partial charge < -0.3 is 15.2 Å². The lowest BCUT2D eigenvalue weighted by molar-refractivity contribution is 0.0692. The Morgan fingerprint density at radius 3 is 2.76 bits per heavy atom. The van der Waals surface area contributed by atoms with Gasteiger partial charge in [-0.15, -0.1) is 0 Å². The number of hydrogen-bond donors (Lipinski definition) is 2. The van der Waals surface area contributed by atoms with Crippen LogP contribution in [0.4, 0.5) is 10.1 Å². The van der Waals surface area contributed by atoms with E-state index in [9.17, 15) is 9.18 Å². The smallest absolute Gasteiger partial charge is 0.339 e. The first-order valence-electron chi connectivity index (χ1n) is 6.22. The highest BCUT2D eigenvalue weighted by Gasteiger charge is 2.09. The molecule has 0 aliphatic carbocycles. The van der Waals surface area contributed by atoms with Crippen molar-refractivity contribution in [2.24, 2.45) is 0 Å². The van der Waals surface area contributed by atoms with Gasteiger partial charge in [0.15, 0.2) is 0 Å². The van der Waals surface area contributed by atoms with Crippen LogP contribution in [0.2, 0.25) is 0 Å². The third-order valence-corrected chi connectivity index (χ3v) is 3.33. The van der Waals surface area contributed by atoms with E-state index in [1.807, 2.05) is 0 Å². The molecule has 4 nitrogen and oxygen atoms in total. The lowest BCUT2D eigenvalue weighted by Crippen LogP contribution is -2.13. The van der Waals surface area contributed by atoms with Crippen molar-refractivity contribution in [3.63, 3.8) is 0 Å². The molecule has 0 amide bonds. The average molecular weight is 354 g/mol. The maximum atomic E-state index is 13.1. The van der Waals surface area contributed by atoms with Crippen LogP contribution < -0.4 is 10.1 Å². The minimum Gasteiger partial charge on any atom is -0.491 e. The number of carbonyl (C=O) groups is 1. The fourth-order valence-electron chi connectivity index (χ4n) is 1.73. The maximum absolute atomic E-state index is 13.1. The zero-order chi connectivity index (χ0) is 15.2. The molecular weight excluding hydrogens is 341 g/mol. The van der Waals surface area contributed by atoms with Crippen LogP contribution in [0.5, 0.6) is 5.75 Å². The van der Waals surface area contributed by atoms with E-state index in [4.69, 9.17) is 9.84 Å². The molecule has 0 saturated carbocycles. The Morgan fingerprint density at radius 1 is 1.29 bits per heavy atom. The third kappa shape index (κ3) is 4.19. The van der Waals surface area contributed by atoms with Gasteiger partial charge in [0.05, 0.1) is 4.47 Å². The molecule has 2 N–H and O–H groups in total. The Labute approximate surface area is 129 Å². The van der Waals surface area contributed by atoms with Gasteiger partial charge in [0.1, 0.15) is 23.7 Å². The number of carboxylic acid groups (broad SMARTS) is 1. The van der Waals surface area contributed by atoms with E-state index in [0.29, 0.717) is 23.4 Å². The number of hydrogen-bond acceptors (Lipinski definition) is 3. The molecule has 0 unspecified atom stereocenters. The molecule has 0 aliphatic rings. The largest absolute Gasteiger partial charge is 0.491 e. The lowest BCUT2D eigenvalue weighted by atomic mass is 10.2. The summed E-state index contributed by atoms with van der Waals surface area (Å²) in [6.07, 6.45) is 0. The number of halogens is 2. The third-order valence-electron chi connectivity index (χ3n) is 2.73. The van der Waals surface area contributed by atoms with E-state index in [1.165, 1.54) is 12.1 Å². The first-order valence-corrected chi connectivity index (χ1v) is 7.01. The van der Waals surface area contributed by atoms with Gasteiger partial charge in [-0.2, -0.15) is 0 Å². The summed E-state index contributed by atoms with van der Waals surface area (Å²) in [4.78, 5) is 11.0. The average Bonchev–Trinajstić information content (AvgIpc) is 2.47. The van der Waals surface area contributed by atoms with Crippen LogP contribution >= 0.6 is 15.9 Å². The summed E-state index contributed by atoms with van der Waals surface area (Å²) >= 11 is 3.11. The summed E-state index contributed by atoms with van der Waals surface area (Å²) < 4.78 is 18.9. The van der Waals surface area contributed by atoms with Crippen molar-refractivity contribution in [1.82, 2.24) is 0 Å². The molecule has 0 aromatic heterocycles. The standard InChI is InChI=1S/C15H13BrFNO3/c16-12-9-10(5-6-13(12)17)18-7-8-21-14-4-2-1-3-11(14)15(19)20/h1-6,9,18H,7-8H2,(H,19,20). The van der Waals surface area contributed by atoms with Crippen molar-refractivity contribution in [3.05, 3.63) is 58.3 Å². The Bertz CT molecular complexity index is 649. The minimum absolute atomic E-state index is 0.127. The van der Waals surface area contributed by atoms with Gasteiger partial charge in [0.25, 0.3) is 0 Å². The van der Waals surface area contributed by atoms with Crippen molar-refractivity contribution >= 4 is 27.6 Å². The van der Waals surface area contributed by atoms with Crippen molar-refractivity contribution in [1.29, 1.82) is 0 Å². The molecular formula is C15H13BrFNO3. The Kier molecular flexibility index (Phi) is 5.16. The highest BCUT2D eigenvalue weighted by molar-refractivity contribution is 9.10. The van der Waals surface area contributed by atoms with Crippen LogP contribution in [0.1, 0.15) is 10.4 Å². The molecule has 110 valence electrons. The SMILES string of the molecule is O=C(O)c1ccccc1OCCNc1ccc(F)c(Br)c1. The van der Waals surface area contributed by atoms with Gasteiger partial charge in [-0.3, -0.25) is 0 Å². The van der Waals surface area contributed by atoms with Crippen molar-refractivity contribution in [2.45, 2.75) is 0 Å². The fraction of sp³-hybridized carbons (Fsp3) is 0.133. The molecule has 2 aromatic rings. The molecule has 2 aromatic carbocycles. The predicted molar refractivity (Wildman–Crippen MR) is 81.5 cm³/mol. The second-order valence-electron chi connectivity index (χ2n) is 4.21. The molecule has 0 saturated heterocycles. The highest BCUT2D eigenvalue weighted by atomic mass is 79.9. The number of nitrogens with one attached hydrogen (secondary N) is 1. The summed E-state index contributed by atoms with van der Waals surface area (Å²) in [6, 6.07) is 11.1. The number of carboxylic acids is 1. The fourth-order valence-corrected chi connectivity index (χ4v) is 2.11. The Hall–Kier alpha value is -2.08. The molecule has 0 bridgehead atoms. The van der Waals surface area contributed by atoms with E-state index in [0.717, 1.165) is 5.69 Å². The van der Waals surface area contributed by atoms with E-state index in [2.05, 4.69) is 21.2 Å². The monoisotopic (exact) mass is 353 g/mol. The van der Waals surface area contributed by atoms with E-state index >= 15 is 0 Å². The maximum Gasteiger partial charge on any atom is 0.339 e. The summed E-state index contributed by atoms with van der Waals surface area (Å²) in [6.45, 7) is 0.755. The van der Waals surface area contributed by atoms with Gasteiger partial charge in [-0.05, 0) is 46.3 Å². The number of ether oxygens (including phenoxy) is 1. The van der Waals surface area contributed by atoms with E-state index in [-0.39, 0.29) is 11.4 Å². The molecule has 21 heavy (non-hydrogen) atoms. The molecule has 0 heterocycles. The summed E-state index contributed by atoms with van der Waals surface area (Å²) in [5.41, 5.74) is 0.875. The van der Waals surface area contributed by atoms with Crippen molar-refractivity contribution in [3.8, 4) is 5.75 Å². The van der Waals surface area contributed by atoms with Gasteiger partial charge in [0.2, 0.25) is 0 Å². The van der Waals surface area contributed by atoms with Gasteiger partial charge in [0, 0.05) is 12.2 Å². The van der Waals surface area contributed by atoms with Crippen molar-refractivity contribution in [2.75, 3.05) is 18.5 Å². The first-order chi connectivity index (χ1) is 10.1. The summed E-state index contributed by atoms with van der Waals surface area (Å²) in [7, 11) is 0. The number of para-hydroxylation sites is 1. The van der Waals surface area contributed by atoms with E-state index in [1.54, 1.807) is 30.3 Å². The number of rotatable bonds is 6. The van der Waals surface area contributed by atoms with Gasteiger partial charge >= 0.3 is 5.97 Å². The summed E-state index contributed by atoms with van der Waals surface area (Å²) in [5, 5.41) is 12.1. The van der Waals surface area contributed by atoms with Gasteiger partial charge in [-0.25, -0.2) is 9.18 Å². The summed E-state index contributed by atoms with van der Waals surface area (Å²) in [5.74, 6) is -1.03. The van der Waals surface area contributed by atoms with E-state index < -0.39 is 5.97 Å². The van der Waals surface area contributed by atoms with Crippen LogP contribution in [-0.2, 0) is 0 Å². The normalized spacial score (nSPS) is 10.2. The molecule has 0 atom stereocenters. The Morgan fingerprint density at radius 2 is 2.05 bits per heavy atom. The van der Waals surface area contributed by atoms with Crippen LogP contribution in [0.3, 0.4) is 0 Å². The Balaban J connectivity index is 1.87. The number of aromatic carboxylic acids is 1. The zero-order valence-corrected chi connectivity index (χ0v) is 12.6.